The Hall–Kier alpha value is -3.85. The Morgan fingerprint density at radius 1 is 1.04 bits per heavy atom. The Bertz CT molecular complexity index is 1260. The van der Waals surface area contributed by atoms with Crippen LogP contribution in [-0.4, -0.2) is 35.3 Å². The first kappa shape index (κ1) is 16.3. The number of thiophene rings is 1. The highest BCUT2D eigenvalue weighted by atomic mass is 32.1. The van der Waals surface area contributed by atoms with Gasteiger partial charge in [0.2, 0.25) is 0 Å². The second kappa shape index (κ2) is 6.71. The van der Waals surface area contributed by atoms with Crippen LogP contribution in [0.2, 0.25) is 0 Å². The van der Waals surface area contributed by atoms with Gasteiger partial charge < -0.3 is 5.32 Å². The van der Waals surface area contributed by atoms with Crippen LogP contribution < -0.4 is 5.32 Å². The normalized spacial score (nSPS) is 11.0. The molecule has 0 radical (unpaired) electrons. The van der Waals surface area contributed by atoms with E-state index < -0.39 is 0 Å². The number of nitrogens with one attached hydrogen (secondary N) is 1. The fourth-order valence-corrected chi connectivity index (χ4v) is 3.59. The summed E-state index contributed by atoms with van der Waals surface area (Å²) in [4.78, 5) is 22.2. The van der Waals surface area contributed by atoms with Crippen LogP contribution in [0.3, 0.4) is 0 Å². The summed E-state index contributed by atoms with van der Waals surface area (Å²) >= 11 is 1.53. The molecule has 9 heteroatoms. The van der Waals surface area contributed by atoms with Crippen molar-refractivity contribution in [3.05, 3.63) is 78.2 Å². The maximum atomic E-state index is 13.1. The molecule has 5 rings (SSSR count). The van der Waals surface area contributed by atoms with Gasteiger partial charge in [0.15, 0.2) is 0 Å². The van der Waals surface area contributed by atoms with Crippen molar-refractivity contribution in [2.75, 3.05) is 5.32 Å². The predicted octanol–water partition coefficient (Wildman–Crippen LogP) is 3.29. The van der Waals surface area contributed by atoms with E-state index >= 15 is 0 Å². The number of rotatable bonds is 4. The highest BCUT2D eigenvalue weighted by Crippen LogP contribution is 2.28. The van der Waals surface area contributed by atoms with Crippen molar-refractivity contribution in [2.24, 2.45) is 0 Å². The number of carbonyl (C=O) groups excluding carboxylic acids is 1. The lowest BCUT2D eigenvalue weighted by molar-refractivity contribution is 0.102. The summed E-state index contributed by atoms with van der Waals surface area (Å²) in [6, 6.07) is 15.2. The molecule has 8 nitrogen and oxygen atoms in total. The highest BCUT2D eigenvalue weighted by molar-refractivity contribution is 7.13. The van der Waals surface area contributed by atoms with Gasteiger partial charge in [0.25, 0.3) is 11.7 Å². The van der Waals surface area contributed by atoms with Gasteiger partial charge in [-0.15, -0.1) is 11.3 Å². The number of benzene rings is 1. The molecule has 0 aliphatic rings. The largest absolute Gasteiger partial charge is 0.306 e. The molecular formula is C19H13N7OS. The summed E-state index contributed by atoms with van der Waals surface area (Å²) in [5.41, 5.74) is 1.97. The minimum atomic E-state index is -0.284. The molecule has 0 saturated heterocycles. The van der Waals surface area contributed by atoms with E-state index in [1.54, 1.807) is 23.1 Å². The molecule has 28 heavy (non-hydrogen) atoms. The number of aromatic nitrogens is 6. The average molecular weight is 387 g/mol. The van der Waals surface area contributed by atoms with E-state index in [1.807, 2.05) is 47.8 Å². The Morgan fingerprint density at radius 3 is 2.75 bits per heavy atom. The number of anilines is 1. The summed E-state index contributed by atoms with van der Waals surface area (Å²) in [5, 5.41) is 13.6. The van der Waals surface area contributed by atoms with Crippen LogP contribution in [0.15, 0.2) is 72.6 Å². The summed E-state index contributed by atoms with van der Waals surface area (Å²) in [7, 11) is 0. The maximum Gasteiger partial charge on any atom is 0.260 e. The van der Waals surface area contributed by atoms with Gasteiger partial charge in [-0.2, -0.15) is 19.7 Å². The van der Waals surface area contributed by atoms with Gasteiger partial charge in [-0.3, -0.25) is 4.79 Å². The molecule has 0 unspecified atom stereocenters. The lowest BCUT2D eigenvalue weighted by Gasteiger charge is -2.05. The molecule has 0 aliphatic carbocycles. The van der Waals surface area contributed by atoms with Crippen LogP contribution in [0.1, 0.15) is 10.4 Å². The highest BCUT2D eigenvalue weighted by Gasteiger charge is 2.20. The number of hydrogen-bond acceptors (Lipinski definition) is 6. The van der Waals surface area contributed by atoms with Gasteiger partial charge in [-0.05, 0) is 29.6 Å². The fourth-order valence-electron chi connectivity index (χ4n) is 2.87. The predicted molar refractivity (Wildman–Crippen MR) is 106 cm³/mol. The first-order valence-electron chi connectivity index (χ1n) is 8.45. The zero-order valence-corrected chi connectivity index (χ0v) is 15.2. The lowest BCUT2D eigenvalue weighted by atomic mass is 10.2. The van der Waals surface area contributed by atoms with E-state index in [9.17, 15) is 4.79 Å². The van der Waals surface area contributed by atoms with Gasteiger partial charge in [-0.25, -0.2) is 9.67 Å². The van der Waals surface area contributed by atoms with Crippen LogP contribution in [0.25, 0.3) is 22.0 Å². The van der Waals surface area contributed by atoms with Crippen molar-refractivity contribution in [2.45, 2.75) is 0 Å². The third kappa shape index (κ3) is 2.83. The summed E-state index contributed by atoms with van der Waals surface area (Å²) in [6.45, 7) is 0. The SMILES string of the molecule is O=C(Nc1ccnc2ncnn12)c1cn(-c2ccccc2)nc1-c1cccs1. The minimum Gasteiger partial charge on any atom is -0.306 e. The molecule has 4 heterocycles. The minimum absolute atomic E-state index is 0.284. The molecule has 1 N–H and O–H groups in total. The van der Waals surface area contributed by atoms with Crippen LogP contribution in [0.4, 0.5) is 5.82 Å². The quantitative estimate of drug-likeness (QED) is 0.511. The van der Waals surface area contributed by atoms with E-state index in [0.717, 1.165) is 10.6 Å². The van der Waals surface area contributed by atoms with Crippen LogP contribution in [0.5, 0.6) is 0 Å². The number of carbonyl (C=O) groups is 1. The van der Waals surface area contributed by atoms with Crippen LogP contribution >= 0.6 is 11.3 Å². The third-order valence-electron chi connectivity index (χ3n) is 4.16. The molecule has 0 aliphatic heterocycles. The Morgan fingerprint density at radius 2 is 1.93 bits per heavy atom. The number of fused-ring (bicyclic) bond motifs is 1. The van der Waals surface area contributed by atoms with Crippen molar-refractivity contribution >= 4 is 28.8 Å². The van der Waals surface area contributed by atoms with Crippen LogP contribution in [0, 0.1) is 0 Å². The van der Waals surface area contributed by atoms with Gasteiger partial charge in [-0.1, -0.05) is 24.3 Å². The standard InChI is InChI=1S/C19H13N7OS/c27-18(23-16-8-9-20-19-21-12-22-26(16)19)14-11-25(13-5-2-1-3-6-13)24-17(14)15-7-4-10-28-15/h1-12H,(H,23,27). The zero-order chi connectivity index (χ0) is 18.9. The summed E-state index contributed by atoms with van der Waals surface area (Å²) < 4.78 is 3.19. The van der Waals surface area contributed by atoms with Crippen molar-refractivity contribution < 1.29 is 4.79 Å². The monoisotopic (exact) mass is 387 g/mol. The maximum absolute atomic E-state index is 13.1. The van der Waals surface area contributed by atoms with E-state index in [2.05, 4.69) is 25.5 Å². The van der Waals surface area contributed by atoms with E-state index in [4.69, 9.17) is 0 Å². The molecule has 5 aromatic rings. The topological polar surface area (TPSA) is 90.0 Å². The number of nitrogens with zero attached hydrogens (tertiary/aromatic N) is 6. The summed E-state index contributed by atoms with van der Waals surface area (Å²) in [6.07, 6.45) is 4.70. The van der Waals surface area contributed by atoms with Crippen molar-refractivity contribution in [1.82, 2.24) is 29.4 Å². The molecule has 0 bridgehead atoms. The van der Waals surface area contributed by atoms with Gasteiger partial charge in [0.05, 0.1) is 16.1 Å². The second-order valence-corrected chi connectivity index (χ2v) is 6.85. The molecule has 136 valence electrons. The Labute approximate surface area is 163 Å². The van der Waals surface area contributed by atoms with E-state index in [1.165, 1.54) is 22.2 Å². The molecule has 4 aromatic heterocycles. The Balaban J connectivity index is 1.57. The van der Waals surface area contributed by atoms with E-state index in [-0.39, 0.29) is 5.91 Å². The van der Waals surface area contributed by atoms with Crippen molar-refractivity contribution in [1.29, 1.82) is 0 Å². The molecule has 0 saturated carbocycles. The number of hydrogen-bond donors (Lipinski definition) is 1. The first-order valence-corrected chi connectivity index (χ1v) is 9.32. The Kier molecular flexibility index (Phi) is 3.91. The van der Waals surface area contributed by atoms with Gasteiger partial charge >= 0.3 is 0 Å². The second-order valence-electron chi connectivity index (χ2n) is 5.90. The molecule has 1 amide bonds. The lowest BCUT2D eigenvalue weighted by Crippen LogP contribution is -2.15. The smallest absolute Gasteiger partial charge is 0.260 e. The van der Waals surface area contributed by atoms with Gasteiger partial charge in [0.1, 0.15) is 17.8 Å². The van der Waals surface area contributed by atoms with Gasteiger partial charge in [0, 0.05) is 12.4 Å². The van der Waals surface area contributed by atoms with Crippen LogP contribution in [-0.2, 0) is 0 Å². The fraction of sp³-hybridized carbons (Fsp3) is 0. The molecular weight excluding hydrogens is 374 g/mol. The average Bonchev–Trinajstić information content (AvgIpc) is 3.48. The molecule has 1 aromatic carbocycles. The van der Waals surface area contributed by atoms with Crippen molar-refractivity contribution in [3.8, 4) is 16.3 Å². The number of amides is 1. The summed E-state index contributed by atoms with van der Waals surface area (Å²) in [5.74, 6) is 0.613. The molecule has 0 fully saturated rings. The number of para-hydroxylation sites is 1. The third-order valence-corrected chi connectivity index (χ3v) is 5.03. The van der Waals surface area contributed by atoms with E-state index in [0.29, 0.717) is 22.9 Å². The molecule has 0 spiro atoms. The first-order chi connectivity index (χ1) is 13.8. The molecule has 0 atom stereocenters. The zero-order valence-electron chi connectivity index (χ0n) is 14.4. The van der Waals surface area contributed by atoms with Crippen molar-refractivity contribution in [3.63, 3.8) is 0 Å².